The number of hydrogen-bond donors (Lipinski definition) is 1. The Balaban J connectivity index is 2.73. The first kappa shape index (κ1) is 16.2. The molecular formula is C15H25NO2S. The van der Waals surface area contributed by atoms with Gasteiger partial charge in [0.2, 0.25) is 0 Å². The molecule has 1 unspecified atom stereocenters. The van der Waals surface area contributed by atoms with E-state index in [1.807, 2.05) is 32.0 Å². The molecule has 108 valence electrons. The van der Waals surface area contributed by atoms with Crippen LogP contribution in [0, 0.1) is 13.8 Å². The molecule has 4 heteroatoms. The molecule has 0 saturated heterocycles. The Morgan fingerprint density at radius 2 is 1.89 bits per heavy atom. The quantitative estimate of drug-likeness (QED) is 0.783. The first-order valence-corrected chi connectivity index (χ1v) is 8.71. The molecule has 0 aliphatic rings. The lowest BCUT2D eigenvalue weighted by molar-refractivity contribution is 0.583. The molecule has 0 radical (unpaired) electrons. The molecule has 3 nitrogen and oxygen atoms in total. The Morgan fingerprint density at radius 3 is 2.53 bits per heavy atom. The minimum absolute atomic E-state index is 0.0427. The Labute approximate surface area is 117 Å². The van der Waals surface area contributed by atoms with Crippen LogP contribution in [0.15, 0.2) is 18.2 Å². The lowest BCUT2D eigenvalue weighted by Crippen LogP contribution is -2.24. The first-order chi connectivity index (χ1) is 8.85. The normalized spacial score (nSPS) is 13.5. The number of benzene rings is 1. The average Bonchev–Trinajstić information content (AvgIpc) is 2.31. The van der Waals surface area contributed by atoms with Crippen LogP contribution in [0.4, 0.5) is 0 Å². The molecule has 0 amide bonds. The zero-order chi connectivity index (χ0) is 14.5. The van der Waals surface area contributed by atoms with Crippen molar-refractivity contribution in [2.24, 2.45) is 5.73 Å². The molecule has 0 heterocycles. The topological polar surface area (TPSA) is 60.2 Å². The fourth-order valence-corrected chi connectivity index (χ4v) is 3.72. The van der Waals surface area contributed by atoms with Gasteiger partial charge >= 0.3 is 0 Å². The molecule has 1 atom stereocenters. The molecule has 19 heavy (non-hydrogen) atoms. The summed E-state index contributed by atoms with van der Waals surface area (Å²) in [5.41, 5.74) is 9.19. The SMILES string of the molecule is CCCCCS(=O)(=O)CC(N)c1cc(C)ccc1C. The molecule has 2 N–H and O–H groups in total. The standard InChI is InChI=1S/C15H25NO2S/c1-4-5-6-9-19(17,18)11-15(16)14-10-12(2)7-8-13(14)3/h7-8,10,15H,4-6,9,11,16H2,1-3H3. The van der Waals surface area contributed by atoms with Gasteiger partial charge in [-0.2, -0.15) is 0 Å². The monoisotopic (exact) mass is 283 g/mol. The molecule has 0 aliphatic heterocycles. The van der Waals surface area contributed by atoms with Crippen molar-refractivity contribution in [3.8, 4) is 0 Å². The Kier molecular flexibility index (Phi) is 6.01. The second-order valence-electron chi connectivity index (χ2n) is 5.29. The first-order valence-electron chi connectivity index (χ1n) is 6.89. The molecule has 0 fully saturated rings. The maximum absolute atomic E-state index is 12.0. The summed E-state index contributed by atoms with van der Waals surface area (Å²) in [5, 5.41) is 0. The fourth-order valence-electron chi connectivity index (χ4n) is 2.18. The van der Waals surface area contributed by atoms with E-state index in [9.17, 15) is 8.42 Å². The van der Waals surface area contributed by atoms with Gasteiger partial charge < -0.3 is 5.73 Å². The predicted molar refractivity (Wildman–Crippen MR) is 81.0 cm³/mol. The van der Waals surface area contributed by atoms with Gasteiger partial charge in [-0.05, 0) is 31.4 Å². The highest BCUT2D eigenvalue weighted by molar-refractivity contribution is 7.91. The van der Waals surface area contributed by atoms with Crippen molar-refractivity contribution >= 4 is 9.84 Å². The second-order valence-corrected chi connectivity index (χ2v) is 7.52. The van der Waals surface area contributed by atoms with E-state index in [1.165, 1.54) is 0 Å². The maximum Gasteiger partial charge on any atom is 0.152 e. The molecule has 1 aromatic carbocycles. The van der Waals surface area contributed by atoms with Crippen LogP contribution in [-0.4, -0.2) is 19.9 Å². The van der Waals surface area contributed by atoms with Crippen molar-refractivity contribution in [1.29, 1.82) is 0 Å². The van der Waals surface area contributed by atoms with Gasteiger partial charge in [0.1, 0.15) is 0 Å². The van der Waals surface area contributed by atoms with E-state index >= 15 is 0 Å². The Bertz CT molecular complexity index is 509. The molecule has 0 aliphatic carbocycles. The van der Waals surface area contributed by atoms with Crippen molar-refractivity contribution in [3.05, 3.63) is 34.9 Å². The van der Waals surface area contributed by atoms with E-state index in [4.69, 9.17) is 5.73 Å². The number of nitrogens with two attached hydrogens (primary N) is 1. The Morgan fingerprint density at radius 1 is 1.21 bits per heavy atom. The summed E-state index contributed by atoms with van der Waals surface area (Å²) in [6, 6.07) is 5.57. The third-order valence-electron chi connectivity index (χ3n) is 3.33. The largest absolute Gasteiger partial charge is 0.323 e. The van der Waals surface area contributed by atoms with Gasteiger partial charge in [-0.1, -0.05) is 43.5 Å². The van der Waals surface area contributed by atoms with Crippen LogP contribution in [0.3, 0.4) is 0 Å². The summed E-state index contributed by atoms with van der Waals surface area (Å²) in [4.78, 5) is 0. The summed E-state index contributed by atoms with van der Waals surface area (Å²) >= 11 is 0. The van der Waals surface area contributed by atoms with Crippen LogP contribution in [-0.2, 0) is 9.84 Å². The van der Waals surface area contributed by atoms with E-state index in [2.05, 4.69) is 6.92 Å². The number of sulfone groups is 1. The van der Waals surface area contributed by atoms with Gasteiger partial charge in [-0.3, -0.25) is 0 Å². The fraction of sp³-hybridized carbons (Fsp3) is 0.600. The zero-order valence-electron chi connectivity index (χ0n) is 12.1. The van der Waals surface area contributed by atoms with E-state index in [0.717, 1.165) is 36.0 Å². The lowest BCUT2D eigenvalue weighted by atomic mass is 10.0. The van der Waals surface area contributed by atoms with Crippen LogP contribution in [0.2, 0.25) is 0 Å². The molecule has 1 aromatic rings. The zero-order valence-corrected chi connectivity index (χ0v) is 13.0. The third kappa shape index (κ3) is 5.33. The van der Waals surface area contributed by atoms with E-state index in [-0.39, 0.29) is 11.5 Å². The number of aryl methyl sites for hydroxylation is 2. The molecule has 0 bridgehead atoms. The van der Waals surface area contributed by atoms with Crippen LogP contribution >= 0.6 is 0 Å². The van der Waals surface area contributed by atoms with Gasteiger partial charge in [-0.15, -0.1) is 0 Å². The van der Waals surface area contributed by atoms with E-state index < -0.39 is 15.9 Å². The van der Waals surface area contributed by atoms with Crippen LogP contribution in [0.25, 0.3) is 0 Å². The third-order valence-corrected chi connectivity index (χ3v) is 5.10. The summed E-state index contributed by atoms with van der Waals surface area (Å²) in [5.74, 6) is 0.292. The summed E-state index contributed by atoms with van der Waals surface area (Å²) in [7, 11) is -3.06. The highest BCUT2D eigenvalue weighted by Gasteiger charge is 2.18. The van der Waals surface area contributed by atoms with Gasteiger partial charge in [-0.25, -0.2) is 8.42 Å². The minimum atomic E-state index is -3.06. The maximum atomic E-state index is 12.0. The van der Waals surface area contributed by atoms with Crippen molar-refractivity contribution < 1.29 is 8.42 Å². The summed E-state index contributed by atoms with van der Waals surface area (Å²) < 4.78 is 24.0. The van der Waals surface area contributed by atoms with Crippen LogP contribution < -0.4 is 5.73 Å². The molecule has 0 aromatic heterocycles. The number of hydrogen-bond acceptors (Lipinski definition) is 3. The van der Waals surface area contributed by atoms with Crippen molar-refractivity contribution in [2.75, 3.05) is 11.5 Å². The highest BCUT2D eigenvalue weighted by Crippen LogP contribution is 2.19. The van der Waals surface area contributed by atoms with Crippen LogP contribution in [0.1, 0.15) is 48.9 Å². The van der Waals surface area contributed by atoms with Gasteiger partial charge in [0.05, 0.1) is 11.5 Å². The summed E-state index contributed by atoms with van der Waals surface area (Å²) in [6.07, 6.45) is 2.72. The van der Waals surface area contributed by atoms with Gasteiger partial charge in [0, 0.05) is 6.04 Å². The van der Waals surface area contributed by atoms with E-state index in [1.54, 1.807) is 0 Å². The Hall–Kier alpha value is -0.870. The highest BCUT2D eigenvalue weighted by atomic mass is 32.2. The van der Waals surface area contributed by atoms with Crippen molar-refractivity contribution in [2.45, 2.75) is 46.1 Å². The molecule has 0 saturated carbocycles. The number of rotatable bonds is 7. The van der Waals surface area contributed by atoms with E-state index in [0.29, 0.717) is 0 Å². The minimum Gasteiger partial charge on any atom is -0.323 e. The van der Waals surface area contributed by atoms with Crippen molar-refractivity contribution in [1.82, 2.24) is 0 Å². The second kappa shape index (κ2) is 7.06. The molecule has 0 spiro atoms. The van der Waals surface area contributed by atoms with Crippen LogP contribution in [0.5, 0.6) is 0 Å². The average molecular weight is 283 g/mol. The predicted octanol–water partition coefficient (Wildman–Crippen LogP) is 2.91. The van der Waals surface area contributed by atoms with Gasteiger partial charge in [0.25, 0.3) is 0 Å². The lowest BCUT2D eigenvalue weighted by Gasteiger charge is -2.15. The molecular weight excluding hydrogens is 258 g/mol. The van der Waals surface area contributed by atoms with Gasteiger partial charge in [0.15, 0.2) is 9.84 Å². The summed E-state index contributed by atoms with van der Waals surface area (Å²) in [6.45, 7) is 6.03. The molecule has 1 rings (SSSR count). The smallest absolute Gasteiger partial charge is 0.152 e. The van der Waals surface area contributed by atoms with Crippen molar-refractivity contribution in [3.63, 3.8) is 0 Å². The number of unbranched alkanes of at least 4 members (excludes halogenated alkanes) is 2.